The van der Waals surface area contributed by atoms with Gasteiger partial charge in [0.2, 0.25) is 0 Å². The molecule has 2 rings (SSSR count). The molecule has 2 heteroatoms. The van der Waals surface area contributed by atoms with Crippen LogP contribution in [-0.4, -0.2) is 0 Å². The van der Waals surface area contributed by atoms with Crippen LogP contribution in [0.2, 0.25) is 5.02 Å². The monoisotopic (exact) mass is 233 g/mol. The van der Waals surface area contributed by atoms with E-state index in [2.05, 4.69) is 11.8 Å². The Morgan fingerprint density at radius 2 is 1.94 bits per heavy atom. The summed E-state index contributed by atoms with van der Waals surface area (Å²) >= 11 is 6.06. The molecular formula is C14H16ClN. The SMILES string of the molecule is Nc1cccc(Cl)c1C#CC1CCCCC1. The van der Waals surface area contributed by atoms with Crippen LogP contribution < -0.4 is 5.73 Å². The molecule has 0 radical (unpaired) electrons. The Morgan fingerprint density at radius 3 is 2.62 bits per heavy atom. The number of benzene rings is 1. The van der Waals surface area contributed by atoms with Crippen molar-refractivity contribution in [3.63, 3.8) is 0 Å². The van der Waals surface area contributed by atoms with E-state index in [1.807, 2.05) is 18.2 Å². The highest BCUT2D eigenvalue weighted by Crippen LogP contribution is 2.24. The first-order chi connectivity index (χ1) is 7.77. The molecule has 0 heterocycles. The van der Waals surface area contributed by atoms with Crippen molar-refractivity contribution < 1.29 is 0 Å². The van der Waals surface area contributed by atoms with Gasteiger partial charge in [-0.1, -0.05) is 48.8 Å². The van der Waals surface area contributed by atoms with E-state index in [0.717, 1.165) is 5.56 Å². The van der Waals surface area contributed by atoms with Gasteiger partial charge in [0.05, 0.1) is 10.6 Å². The summed E-state index contributed by atoms with van der Waals surface area (Å²) < 4.78 is 0. The third-order valence-electron chi connectivity index (χ3n) is 3.05. The minimum absolute atomic E-state index is 0.532. The number of anilines is 1. The summed E-state index contributed by atoms with van der Waals surface area (Å²) in [5.74, 6) is 6.98. The second-order valence-corrected chi connectivity index (χ2v) is 4.72. The zero-order valence-corrected chi connectivity index (χ0v) is 10.1. The van der Waals surface area contributed by atoms with Gasteiger partial charge in [-0.15, -0.1) is 0 Å². The summed E-state index contributed by atoms with van der Waals surface area (Å²) in [6.07, 6.45) is 6.40. The van der Waals surface area contributed by atoms with Gasteiger partial charge in [0, 0.05) is 11.6 Å². The summed E-state index contributed by atoms with van der Waals surface area (Å²) in [6, 6.07) is 5.53. The third kappa shape index (κ3) is 2.71. The maximum absolute atomic E-state index is 6.06. The molecule has 1 aliphatic rings. The van der Waals surface area contributed by atoms with E-state index < -0.39 is 0 Å². The summed E-state index contributed by atoms with van der Waals surface area (Å²) in [4.78, 5) is 0. The molecule has 0 unspecified atom stereocenters. The molecule has 1 aliphatic carbocycles. The molecule has 0 amide bonds. The van der Waals surface area contributed by atoms with Crippen molar-refractivity contribution in [3.8, 4) is 11.8 Å². The molecule has 0 atom stereocenters. The quantitative estimate of drug-likeness (QED) is 0.535. The average Bonchev–Trinajstić information content (AvgIpc) is 2.30. The Kier molecular flexibility index (Phi) is 3.74. The van der Waals surface area contributed by atoms with E-state index in [-0.39, 0.29) is 0 Å². The van der Waals surface area contributed by atoms with Gasteiger partial charge in [-0.3, -0.25) is 0 Å². The molecule has 1 saturated carbocycles. The first kappa shape index (κ1) is 11.4. The number of halogens is 1. The van der Waals surface area contributed by atoms with Gasteiger partial charge >= 0.3 is 0 Å². The molecule has 0 spiro atoms. The van der Waals surface area contributed by atoms with Crippen LogP contribution in [0.3, 0.4) is 0 Å². The van der Waals surface area contributed by atoms with E-state index >= 15 is 0 Å². The Morgan fingerprint density at radius 1 is 1.19 bits per heavy atom. The fourth-order valence-corrected chi connectivity index (χ4v) is 2.32. The fourth-order valence-electron chi connectivity index (χ4n) is 2.09. The lowest BCUT2D eigenvalue weighted by Crippen LogP contribution is -2.03. The molecule has 0 aliphatic heterocycles. The standard InChI is InChI=1S/C14H16ClN/c15-13-7-4-8-14(16)12(13)10-9-11-5-2-1-3-6-11/h4,7-8,11H,1-3,5-6,16H2. The minimum atomic E-state index is 0.532. The first-order valence-electron chi connectivity index (χ1n) is 5.83. The molecule has 1 aromatic carbocycles. The highest BCUT2D eigenvalue weighted by Gasteiger charge is 2.10. The molecule has 1 aromatic rings. The molecular weight excluding hydrogens is 218 g/mol. The minimum Gasteiger partial charge on any atom is -0.398 e. The van der Waals surface area contributed by atoms with Crippen molar-refractivity contribution >= 4 is 17.3 Å². The lowest BCUT2D eigenvalue weighted by Gasteiger charge is -2.15. The molecule has 0 saturated heterocycles. The summed E-state index contributed by atoms with van der Waals surface area (Å²) in [7, 11) is 0. The maximum Gasteiger partial charge on any atom is 0.0661 e. The summed E-state index contributed by atoms with van der Waals surface area (Å²) in [5.41, 5.74) is 7.31. The summed E-state index contributed by atoms with van der Waals surface area (Å²) in [5, 5.41) is 0.656. The number of rotatable bonds is 0. The second-order valence-electron chi connectivity index (χ2n) is 4.31. The van der Waals surface area contributed by atoms with Crippen LogP contribution in [0, 0.1) is 17.8 Å². The predicted octanol–water partition coefficient (Wildman–Crippen LogP) is 3.85. The van der Waals surface area contributed by atoms with Crippen molar-refractivity contribution in [2.24, 2.45) is 5.92 Å². The zero-order valence-electron chi connectivity index (χ0n) is 9.30. The molecule has 1 fully saturated rings. The Hall–Kier alpha value is -1.13. The van der Waals surface area contributed by atoms with Gasteiger partial charge in [0.15, 0.2) is 0 Å². The Bertz CT molecular complexity index is 402. The fraction of sp³-hybridized carbons (Fsp3) is 0.429. The van der Waals surface area contributed by atoms with Crippen LogP contribution in [0.25, 0.3) is 0 Å². The maximum atomic E-state index is 6.06. The first-order valence-corrected chi connectivity index (χ1v) is 6.20. The van der Waals surface area contributed by atoms with Crippen LogP contribution in [0.5, 0.6) is 0 Å². The summed E-state index contributed by atoms with van der Waals surface area (Å²) in [6.45, 7) is 0. The van der Waals surface area contributed by atoms with Crippen molar-refractivity contribution in [3.05, 3.63) is 28.8 Å². The lowest BCUT2D eigenvalue weighted by atomic mass is 9.89. The van der Waals surface area contributed by atoms with Crippen molar-refractivity contribution in [2.45, 2.75) is 32.1 Å². The van der Waals surface area contributed by atoms with Crippen LogP contribution >= 0.6 is 11.6 Å². The number of hydrogen-bond donors (Lipinski definition) is 1. The molecule has 1 nitrogen and oxygen atoms in total. The highest BCUT2D eigenvalue weighted by molar-refractivity contribution is 6.32. The molecule has 84 valence electrons. The average molecular weight is 234 g/mol. The Labute approximate surface area is 102 Å². The van der Waals surface area contributed by atoms with Crippen molar-refractivity contribution in [2.75, 3.05) is 5.73 Å². The van der Waals surface area contributed by atoms with Gasteiger partial charge in [0.1, 0.15) is 0 Å². The van der Waals surface area contributed by atoms with E-state index in [9.17, 15) is 0 Å². The second kappa shape index (κ2) is 5.27. The zero-order chi connectivity index (χ0) is 11.4. The van der Waals surface area contributed by atoms with Gasteiger partial charge in [-0.2, -0.15) is 0 Å². The highest BCUT2D eigenvalue weighted by atomic mass is 35.5. The smallest absolute Gasteiger partial charge is 0.0661 e. The predicted molar refractivity (Wildman–Crippen MR) is 69.3 cm³/mol. The van der Waals surface area contributed by atoms with E-state index in [4.69, 9.17) is 17.3 Å². The van der Waals surface area contributed by atoms with Gasteiger partial charge in [0.25, 0.3) is 0 Å². The van der Waals surface area contributed by atoms with Crippen LogP contribution in [0.1, 0.15) is 37.7 Å². The molecule has 2 N–H and O–H groups in total. The normalized spacial score (nSPS) is 16.6. The van der Waals surface area contributed by atoms with Gasteiger partial charge in [-0.05, 0) is 25.0 Å². The van der Waals surface area contributed by atoms with Crippen LogP contribution in [0.15, 0.2) is 18.2 Å². The van der Waals surface area contributed by atoms with E-state index in [1.54, 1.807) is 0 Å². The number of hydrogen-bond acceptors (Lipinski definition) is 1. The van der Waals surface area contributed by atoms with E-state index in [0.29, 0.717) is 16.6 Å². The third-order valence-corrected chi connectivity index (χ3v) is 3.37. The van der Waals surface area contributed by atoms with Crippen LogP contribution in [0.4, 0.5) is 5.69 Å². The molecule has 0 bridgehead atoms. The van der Waals surface area contributed by atoms with Gasteiger partial charge < -0.3 is 5.73 Å². The Balaban J connectivity index is 2.16. The van der Waals surface area contributed by atoms with Gasteiger partial charge in [-0.25, -0.2) is 0 Å². The number of nitrogens with two attached hydrogens (primary N) is 1. The topological polar surface area (TPSA) is 26.0 Å². The van der Waals surface area contributed by atoms with Crippen molar-refractivity contribution in [1.82, 2.24) is 0 Å². The van der Waals surface area contributed by atoms with Crippen LogP contribution in [-0.2, 0) is 0 Å². The lowest BCUT2D eigenvalue weighted by molar-refractivity contribution is 0.430. The number of nitrogen functional groups attached to an aromatic ring is 1. The molecule has 0 aromatic heterocycles. The molecule has 16 heavy (non-hydrogen) atoms. The van der Waals surface area contributed by atoms with Crippen molar-refractivity contribution in [1.29, 1.82) is 0 Å². The van der Waals surface area contributed by atoms with E-state index in [1.165, 1.54) is 32.1 Å². The largest absolute Gasteiger partial charge is 0.398 e.